The molecule has 1 amide bonds. The highest BCUT2D eigenvalue weighted by molar-refractivity contribution is 5.95. The number of benzene rings is 1. The summed E-state index contributed by atoms with van der Waals surface area (Å²) in [6.07, 6.45) is 4.20. The van der Waals surface area contributed by atoms with E-state index in [1.54, 1.807) is 48.6 Å². The Bertz CT molecular complexity index is 867. The van der Waals surface area contributed by atoms with E-state index in [-0.39, 0.29) is 23.2 Å². The number of fused-ring (bicyclic) bond motifs is 1. The monoisotopic (exact) mass is 323 g/mol. The van der Waals surface area contributed by atoms with Crippen LogP contribution in [0.15, 0.2) is 54.9 Å². The Morgan fingerprint density at radius 1 is 1.21 bits per heavy atom. The first-order chi connectivity index (χ1) is 11.6. The van der Waals surface area contributed by atoms with E-state index in [2.05, 4.69) is 9.97 Å². The number of halogens is 1. The van der Waals surface area contributed by atoms with Crippen molar-refractivity contribution in [3.8, 4) is 0 Å². The molecule has 122 valence electrons. The second kappa shape index (κ2) is 6.74. The zero-order valence-corrected chi connectivity index (χ0v) is 13.6. The number of amides is 1. The molecule has 5 heteroatoms. The summed E-state index contributed by atoms with van der Waals surface area (Å²) < 4.78 is 13.9. The fourth-order valence-corrected chi connectivity index (χ4v) is 2.86. The molecule has 4 nitrogen and oxygen atoms in total. The maximum absolute atomic E-state index is 13.9. The number of para-hydroxylation sites is 1. The first-order valence-electron chi connectivity index (χ1n) is 7.84. The summed E-state index contributed by atoms with van der Waals surface area (Å²) in [6.45, 7) is 2.01. The van der Waals surface area contributed by atoms with Gasteiger partial charge in [0.2, 0.25) is 0 Å². The van der Waals surface area contributed by atoms with Crippen LogP contribution in [0.5, 0.6) is 0 Å². The molecule has 1 atom stereocenters. The lowest BCUT2D eigenvalue weighted by Gasteiger charge is -2.27. The average molecular weight is 323 g/mol. The van der Waals surface area contributed by atoms with E-state index in [1.807, 2.05) is 19.1 Å². The van der Waals surface area contributed by atoms with Gasteiger partial charge in [-0.2, -0.15) is 0 Å². The van der Waals surface area contributed by atoms with Crippen LogP contribution in [0.3, 0.4) is 0 Å². The zero-order valence-electron chi connectivity index (χ0n) is 13.6. The van der Waals surface area contributed by atoms with Crippen LogP contribution < -0.4 is 0 Å². The molecule has 0 spiro atoms. The molecule has 0 aliphatic carbocycles. The lowest BCUT2D eigenvalue weighted by atomic mass is 10.0. The van der Waals surface area contributed by atoms with Gasteiger partial charge in [0, 0.05) is 24.8 Å². The Kier molecular flexibility index (Phi) is 4.51. The second-order valence-electron chi connectivity index (χ2n) is 5.63. The number of aromatic nitrogens is 2. The van der Waals surface area contributed by atoms with Gasteiger partial charge in [-0.1, -0.05) is 31.2 Å². The molecule has 0 N–H and O–H groups in total. The van der Waals surface area contributed by atoms with E-state index in [9.17, 15) is 9.18 Å². The number of hydrogen-bond donors (Lipinski definition) is 0. The molecule has 0 bridgehead atoms. The van der Waals surface area contributed by atoms with Crippen molar-refractivity contribution in [2.75, 3.05) is 7.05 Å². The summed E-state index contributed by atoms with van der Waals surface area (Å²) in [5.74, 6) is -0.667. The summed E-state index contributed by atoms with van der Waals surface area (Å²) in [5.41, 5.74) is 1.41. The lowest BCUT2D eigenvalue weighted by Crippen LogP contribution is -2.31. The van der Waals surface area contributed by atoms with Gasteiger partial charge in [0.25, 0.3) is 5.91 Å². The van der Waals surface area contributed by atoms with Crippen molar-refractivity contribution in [2.45, 2.75) is 19.4 Å². The maximum atomic E-state index is 13.9. The largest absolute Gasteiger partial charge is 0.333 e. The predicted molar refractivity (Wildman–Crippen MR) is 91.1 cm³/mol. The fraction of sp³-hybridized carbons (Fsp3) is 0.211. The van der Waals surface area contributed by atoms with Crippen molar-refractivity contribution in [3.05, 3.63) is 71.9 Å². The quantitative estimate of drug-likeness (QED) is 0.729. The fourth-order valence-electron chi connectivity index (χ4n) is 2.86. The van der Waals surface area contributed by atoms with Crippen molar-refractivity contribution < 1.29 is 9.18 Å². The molecule has 0 aliphatic heterocycles. The predicted octanol–water partition coefficient (Wildman–Crippen LogP) is 3.99. The molecule has 0 saturated heterocycles. The molecule has 24 heavy (non-hydrogen) atoms. The summed E-state index contributed by atoms with van der Waals surface area (Å²) in [5, 5.41) is 0.675. The average Bonchev–Trinajstić information content (AvgIpc) is 2.62. The van der Waals surface area contributed by atoms with Gasteiger partial charge < -0.3 is 4.90 Å². The normalized spacial score (nSPS) is 12.1. The summed E-state index contributed by atoms with van der Waals surface area (Å²) in [7, 11) is 1.73. The van der Waals surface area contributed by atoms with Crippen LogP contribution in [-0.4, -0.2) is 27.8 Å². The summed E-state index contributed by atoms with van der Waals surface area (Å²) >= 11 is 0. The maximum Gasteiger partial charge on any atom is 0.272 e. The van der Waals surface area contributed by atoms with Crippen LogP contribution in [0.1, 0.15) is 35.4 Å². The summed E-state index contributed by atoms with van der Waals surface area (Å²) in [4.78, 5) is 22.8. The Balaban J connectivity index is 1.94. The van der Waals surface area contributed by atoms with Crippen molar-refractivity contribution in [2.24, 2.45) is 0 Å². The van der Waals surface area contributed by atoms with E-state index in [0.29, 0.717) is 5.39 Å². The standard InChI is InChI=1S/C19H18FN3O/c1-3-17(14-7-5-11-21-12-14)23(2)19(24)16-10-9-13-6-4-8-15(20)18(13)22-16/h4-12,17H,3H2,1-2H3/t17-/m1/s1. The topological polar surface area (TPSA) is 46.1 Å². The second-order valence-corrected chi connectivity index (χ2v) is 5.63. The molecule has 0 fully saturated rings. The van der Waals surface area contributed by atoms with E-state index < -0.39 is 5.82 Å². The molecule has 3 rings (SSSR count). The van der Waals surface area contributed by atoms with Gasteiger partial charge in [0.1, 0.15) is 17.0 Å². The van der Waals surface area contributed by atoms with Gasteiger partial charge in [-0.3, -0.25) is 9.78 Å². The minimum atomic E-state index is -0.427. The van der Waals surface area contributed by atoms with Crippen molar-refractivity contribution in [1.82, 2.24) is 14.9 Å². The third-order valence-corrected chi connectivity index (χ3v) is 4.13. The summed E-state index contributed by atoms with van der Waals surface area (Å²) in [6, 6.07) is 11.8. The molecule has 0 radical (unpaired) electrons. The van der Waals surface area contributed by atoms with Gasteiger partial charge >= 0.3 is 0 Å². The molecule has 2 aromatic heterocycles. The van der Waals surface area contributed by atoms with Gasteiger partial charge in [0.15, 0.2) is 0 Å². The van der Waals surface area contributed by atoms with E-state index >= 15 is 0 Å². The molecular formula is C19H18FN3O. The van der Waals surface area contributed by atoms with Gasteiger partial charge in [-0.05, 0) is 30.2 Å². The SMILES string of the molecule is CC[C@H](c1cccnc1)N(C)C(=O)c1ccc2cccc(F)c2n1. The number of nitrogens with zero attached hydrogens (tertiary/aromatic N) is 3. The molecule has 0 aliphatic rings. The first-order valence-corrected chi connectivity index (χ1v) is 7.84. The van der Waals surface area contributed by atoms with Gasteiger partial charge in [0.05, 0.1) is 6.04 Å². The number of hydrogen-bond acceptors (Lipinski definition) is 3. The first kappa shape index (κ1) is 16.1. The minimum absolute atomic E-state index is 0.107. The van der Waals surface area contributed by atoms with Crippen LogP contribution in [0.4, 0.5) is 4.39 Å². The molecule has 2 heterocycles. The van der Waals surface area contributed by atoms with Crippen LogP contribution in [0, 0.1) is 5.82 Å². The lowest BCUT2D eigenvalue weighted by molar-refractivity contribution is 0.0720. The molecular weight excluding hydrogens is 305 g/mol. The number of pyridine rings is 2. The molecule has 0 unspecified atom stereocenters. The highest BCUT2D eigenvalue weighted by Gasteiger charge is 2.22. The van der Waals surface area contributed by atoms with Crippen molar-refractivity contribution >= 4 is 16.8 Å². The molecule has 1 aromatic carbocycles. The Morgan fingerprint density at radius 3 is 2.75 bits per heavy atom. The minimum Gasteiger partial charge on any atom is -0.333 e. The number of rotatable bonds is 4. The molecule has 0 saturated carbocycles. The van der Waals surface area contributed by atoms with E-state index in [4.69, 9.17) is 0 Å². The smallest absolute Gasteiger partial charge is 0.272 e. The van der Waals surface area contributed by atoms with E-state index in [1.165, 1.54) is 6.07 Å². The van der Waals surface area contributed by atoms with Gasteiger partial charge in [-0.25, -0.2) is 9.37 Å². The number of carbonyl (C=O) groups excluding carboxylic acids is 1. The van der Waals surface area contributed by atoms with Crippen LogP contribution in [0.2, 0.25) is 0 Å². The third-order valence-electron chi connectivity index (χ3n) is 4.13. The van der Waals surface area contributed by atoms with Crippen molar-refractivity contribution in [3.63, 3.8) is 0 Å². The highest BCUT2D eigenvalue weighted by Crippen LogP contribution is 2.24. The Labute approximate surface area is 140 Å². The number of carbonyl (C=O) groups is 1. The van der Waals surface area contributed by atoms with Crippen LogP contribution in [0.25, 0.3) is 10.9 Å². The van der Waals surface area contributed by atoms with Crippen LogP contribution in [-0.2, 0) is 0 Å². The van der Waals surface area contributed by atoms with Gasteiger partial charge in [-0.15, -0.1) is 0 Å². The Hall–Kier alpha value is -2.82. The Morgan fingerprint density at radius 2 is 2.04 bits per heavy atom. The van der Waals surface area contributed by atoms with Crippen molar-refractivity contribution in [1.29, 1.82) is 0 Å². The van der Waals surface area contributed by atoms with Crippen LogP contribution >= 0.6 is 0 Å². The highest BCUT2D eigenvalue weighted by atomic mass is 19.1. The molecule has 3 aromatic rings. The zero-order chi connectivity index (χ0) is 17.1. The third kappa shape index (κ3) is 2.97. The van der Waals surface area contributed by atoms with E-state index in [0.717, 1.165) is 12.0 Å².